The lowest BCUT2D eigenvalue weighted by Crippen LogP contribution is -2.40. The topological polar surface area (TPSA) is 32.3 Å². The molecule has 0 aromatic carbocycles. The smallest absolute Gasteiger partial charge is 0.264 e. The standard InChI is InChI=1S/C15H24N2OS.ClH/c1-3-13-7-10-19-14(13)15(18)17-8-5-12(6-9-17)11-16-4-2;/h7,10,12,16H,3-6,8-9,11H2,1-2H3;1H. The van der Waals surface area contributed by atoms with E-state index >= 15 is 0 Å². The lowest BCUT2D eigenvalue weighted by atomic mass is 9.96. The fourth-order valence-corrected chi connectivity index (χ4v) is 3.60. The Labute approximate surface area is 132 Å². The molecule has 20 heavy (non-hydrogen) atoms. The van der Waals surface area contributed by atoms with Crippen molar-refractivity contribution >= 4 is 29.7 Å². The van der Waals surface area contributed by atoms with E-state index in [4.69, 9.17) is 0 Å². The molecule has 1 amide bonds. The van der Waals surface area contributed by atoms with Gasteiger partial charge in [-0.15, -0.1) is 23.7 Å². The summed E-state index contributed by atoms with van der Waals surface area (Å²) in [6.07, 6.45) is 3.21. The Bertz CT molecular complexity index is 414. The third kappa shape index (κ3) is 4.21. The van der Waals surface area contributed by atoms with E-state index in [0.717, 1.165) is 56.2 Å². The van der Waals surface area contributed by atoms with Crippen LogP contribution in [0.4, 0.5) is 0 Å². The zero-order chi connectivity index (χ0) is 13.7. The molecule has 1 saturated heterocycles. The third-order valence-corrected chi connectivity index (χ3v) is 4.85. The van der Waals surface area contributed by atoms with Crippen LogP contribution in [0.25, 0.3) is 0 Å². The van der Waals surface area contributed by atoms with Gasteiger partial charge in [-0.05, 0) is 55.3 Å². The summed E-state index contributed by atoms with van der Waals surface area (Å²) in [5, 5.41) is 5.44. The second-order valence-corrected chi connectivity index (χ2v) is 6.09. The van der Waals surface area contributed by atoms with Crippen molar-refractivity contribution < 1.29 is 4.79 Å². The van der Waals surface area contributed by atoms with Crippen LogP contribution < -0.4 is 5.32 Å². The molecule has 5 heteroatoms. The molecule has 1 N–H and O–H groups in total. The van der Waals surface area contributed by atoms with Gasteiger partial charge in [0.15, 0.2) is 0 Å². The maximum absolute atomic E-state index is 12.5. The summed E-state index contributed by atoms with van der Waals surface area (Å²) in [5.41, 5.74) is 1.20. The molecule has 0 saturated carbocycles. The Morgan fingerprint density at radius 2 is 2.10 bits per heavy atom. The number of piperidine rings is 1. The summed E-state index contributed by atoms with van der Waals surface area (Å²) in [5.74, 6) is 0.978. The van der Waals surface area contributed by atoms with E-state index in [9.17, 15) is 4.79 Å². The summed E-state index contributed by atoms with van der Waals surface area (Å²) in [4.78, 5) is 15.5. The largest absolute Gasteiger partial charge is 0.338 e. The molecule has 2 rings (SSSR count). The Morgan fingerprint density at radius 3 is 2.70 bits per heavy atom. The number of thiophene rings is 1. The van der Waals surface area contributed by atoms with Gasteiger partial charge >= 0.3 is 0 Å². The van der Waals surface area contributed by atoms with Crippen LogP contribution in [0.1, 0.15) is 41.9 Å². The number of aryl methyl sites for hydroxylation is 1. The maximum atomic E-state index is 12.5. The fourth-order valence-electron chi connectivity index (χ4n) is 2.63. The maximum Gasteiger partial charge on any atom is 0.264 e. The SMILES string of the molecule is CCNCC1CCN(C(=O)c2sccc2CC)CC1.Cl. The minimum absolute atomic E-state index is 0. The molecule has 114 valence electrons. The van der Waals surface area contributed by atoms with Gasteiger partial charge in [0.1, 0.15) is 0 Å². The molecule has 0 unspecified atom stereocenters. The fraction of sp³-hybridized carbons (Fsp3) is 0.667. The average molecular weight is 317 g/mol. The zero-order valence-electron chi connectivity index (χ0n) is 12.4. The molecule has 2 heterocycles. The van der Waals surface area contributed by atoms with E-state index in [1.165, 1.54) is 5.56 Å². The van der Waals surface area contributed by atoms with Crippen molar-refractivity contribution in [1.29, 1.82) is 0 Å². The molecule has 0 bridgehead atoms. The summed E-state index contributed by atoms with van der Waals surface area (Å²) in [6.45, 7) is 8.21. The van der Waals surface area contributed by atoms with E-state index in [1.807, 2.05) is 10.3 Å². The van der Waals surface area contributed by atoms with Crippen LogP contribution in [0, 0.1) is 5.92 Å². The van der Waals surface area contributed by atoms with Crippen LogP contribution in [-0.4, -0.2) is 37.0 Å². The number of hydrogen-bond donors (Lipinski definition) is 1. The number of nitrogens with one attached hydrogen (secondary N) is 1. The molecule has 0 aliphatic carbocycles. The molecule has 1 aliphatic rings. The molecular formula is C15H25ClN2OS. The van der Waals surface area contributed by atoms with Crippen LogP contribution >= 0.6 is 23.7 Å². The minimum atomic E-state index is 0. The van der Waals surface area contributed by atoms with E-state index in [-0.39, 0.29) is 18.3 Å². The average Bonchev–Trinajstić information content (AvgIpc) is 2.93. The van der Waals surface area contributed by atoms with Crippen LogP contribution in [-0.2, 0) is 6.42 Å². The first-order valence-electron chi connectivity index (χ1n) is 7.32. The molecule has 1 aromatic rings. The number of hydrogen-bond acceptors (Lipinski definition) is 3. The first kappa shape index (κ1) is 17.5. The van der Waals surface area contributed by atoms with Gasteiger partial charge in [0.25, 0.3) is 5.91 Å². The second-order valence-electron chi connectivity index (χ2n) is 5.17. The number of likely N-dealkylation sites (tertiary alicyclic amines) is 1. The van der Waals surface area contributed by atoms with Gasteiger partial charge < -0.3 is 10.2 Å². The molecule has 1 aromatic heterocycles. The highest BCUT2D eigenvalue weighted by Gasteiger charge is 2.25. The summed E-state index contributed by atoms with van der Waals surface area (Å²) >= 11 is 1.59. The van der Waals surface area contributed by atoms with Gasteiger partial charge in [0.2, 0.25) is 0 Å². The minimum Gasteiger partial charge on any atom is -0.338 e. The predicted molar refractivity (Wildman–Crippen MR) is 88.1 cm³/mol. The van der Waals surface area contributed by atoms with Crippen LogP contribution in [0.2, 0.25) is 0 Å². The van der Waals surface area contributed by atoms with E-state index in [0.29, 0.717) is 0 Å². The van der Waals surface area contributed by atoms with Gasteiger partial charge in [0.05, 0.1) is 4.88 Å². The molecule has 0 radical (unpaired) electrons. The number of carbonyl (C=O) groups is 1. The summed E-state index contributed by atoms with van der Waals surface area (Å²) in [7, 11) is 0. The first-order chi connectivity index (χ1) is 9.26. The first-order valence-corrected chi connectivity index (χ1v) is 8.20. The monoisotopic (exact) mass is 316 g/mol. The van der Waals surface area contributed by atoms with Crippen molar-refractivity contribution in [3.05, 3.63) is 21.9 Å². The summed E-state index contributed by atoms with van der Waals surface area (Å²) < 4.78 is 0. The number of rotatable bonds is 5. The third-order valence-electron chi connectivity index (χ3n) is 3.91. The quantitative estimate of drug-likeness (QED) is 0.904. The van der Waals surface area contributed by atoms with Crippen molar-refractivity contribution in [3.8, 4) is 0 Å². The molecular weight excluding hydrogens is 292 g/mol. The highest BCUT2D eigenvalue weighted by atomic mass is 35.5. The van der Waals surface area contributed by atoms with Gasteiger partial charge in [-0.25, -0.2) is 0 Å². The highest BCUT2D eigenvalue weighted by molar-refractivity contribution is 7.12. The number of carbonyl (C=O) groups excluding carboxylic acids is 1. The van der Waals surface area contributed by atoms with Crippen LogP contribution in [0.5, 0.6) is 0 Å². The molecule has 0 atom stereocenters. The van der Waals surface area contributed by atoms with E-state index in [2.05, 4.69) is 25.2 Å². The van der Waals surface area contributed by atoms with Crippen molar-refractivity contribution in [2.75, 3.05) is 26.2 Å². The lowest BCUT2D eigenvalue weighted by molar-refractivity contribution is 0.0694. The summed E-state index contributed by atoms with van der Waals surface area (Å²) in [6, 6.07) is 2.08. The Hall–Kier alpha value is -0.580. The van der Waals surface area contributed by atoms with Crippen LogP contribution in [0.15, 0.2) is 11.4 Å². The number of amides is 1. The van der Waals surface area contributed by atoms with Gasteiger partial charge in [0, 0.05) is 13.1 Å². The second kappa shape index (κ2) is 8.65. The highest BCUT2D eigenvalue weighted by Crippen LogP contribution is 2.23. The Morgan fingerprint density at radius 1 is 1.40 bits per heavy atom. The molecule has 1 fully saturated rings. The predicted octanol–water partition coefficient (Wildman–Crippen LogP) is 3.19. The van der Waals surface area contributed by atoms with Crippen LogP contribution in [0.3, 0.4) is 0 Å². The Kier molecular flexibility index (Phi) is 7.56. The van der Waals surface area contributed by atoms with Crippen molar-refractivity contribution in [3.63, 3.8) is 0 Å². The van der Waals surface area contributed by atoms with Gasteiger partial charge in [-0.2, -0.15) is 0 Å². The van der Waals surface area contributed by atoms with E-state index in [1.54, 1.807) is 11.3 Å². The lowest BCUT2D eigenvalue weighted by Gasteiger charge is -2.32. The Balaban J connectivity index is 0.00000200. The normalized spacial score (nSPS) is 16.0. The zero-order valence-corrected chi connectivity index (χ0v) is 14.0. The van der Waals surface area contributed by atoms with Gasteiger partial charge in [-0.1, -0.05) is 13.8 Å². The van der Waals surface area contributed by atoms with E-state index < -0.39 is 0 Å². The van der Waals surface area contributed by atoms with Gasteiger partial charge in [-0.3, -0.25) is 4.79 Å². The van der Waals surface area contributed by atoms with Crippen molar-refractivity contribution in [2.45, 2.75) is 33.1 Å². The van der Waals surface area contributed by atoms with Crippen molar-refractivity contribution in [2.24, 2.45) is 5.92 Å². The number of nitrogens with zero attached hydrogens (tertiary/aromatic N) is 1. The molecule has 0 spiro atoms. The molecule has 3 nitrogen and oxygen atoms in total. The number of halogens is 1. The van der Waals surface area contributed by atoms with Crippen molar-refractivity contribution in [1.82, 2.24) is 10.2 Å². The molecule has 1 aliphatic heterocycles.